The molecule has 0 atom stereocenters. The summed E-state index contributed by atoms with van der Waals surface area (Å²) in [6.07, 6.45) is 4.11. The molecular weight excluding hydrogens is 402 g/mol. The predicted molar refractivity (Wildman–Crippen MR) is 119 cm³/mol. The van der Waals surface area contributed by atoms with Crippen LogP contribution in [0.5, 0.6) is 5.88 Å². The van der Waals surface area contributed by atoms with Gasteiger partial charge in [-0.25, -0.2) is 15.0 Å². The van der Waals surface area contributed by atoms with Crippen molar-refractivity contribution >= 4 is 23.5 Å². The third kappa shape index (κ3) is 5.75. The molecule has 0 aromatic carbocycles. The van der Waals surface area contributed by atoms with E-state index in [4.69, 9.17) is 14.2 Å². The maximum Gasteiger partial charge on any atom is 0.238 e. The number of rotatable bonds is 8. The first-order valence-corrected chi connectivity index (χ1v) is 10.8. The number of aromatic nitrogens is 3. The Labute approximate surface area is 181 Å². The quantitative estimate of drug-likeness (QED) is 0.386. The fourth-order valence-corrected chi connectivity index (χ4v) is 3.62. The molecule has 30 heavy (non-hydrogen) atoms. The maximum absolute atomic E-state index is 5.47. The van der Waals surface area contributed by atoms with E-state index in [0.29, 0.717) is 25.7 Å². The van der Waals surface area contributed by atoms with E-state index in [1.54, 1.807) is 26.7 Å². The number of methoxy groups -OCH3 is 2. The number of anilines is 2. The zero-order chi connectivity index (χ0) is 21.2. The third-order valence-corrected chi connectivity index (χ3v) is 5.23. The predicted octanol–water partition coefficient (Wildman–Crippen LogP) is 2.39. The summed E-state index contributed by atoms with van der Waals surface area (Å²) in [7, 11) is 3.28. The van der Waals surface area contributed by atoms with Gasteiger partial charge in [0.15, 0.2) is 0 Å². The molecule has 2 aromatic rings. The lowest BCUT2D eigenvalue weighted by atomic mass is 10.1. The smallest absolute Gasteiger partial charge is 0.238 e. The van der Waals surface area contributed by atoms with Crippen LogP contribution in [0.4, 0.5) is 11.5 Å². The van der Waals surface area contributed by atoms with Crippen LogP contribution in [0, 0.1) is 11.8 Å². The van der Waals surface area contributed by atoms with Gasteiger partial charge in [0.05, 0.1) is 38.2 Å². The van der Waals surface area contributed by atoms with E-state index >= 15 is 0 Å². The molecule has 0 saturated carbocycles. The Balaban J connectivity index is 1.87. The maximum atomic E-state index is 5.47. The Morgan fingerprint density at radius 3 is 2.77 bits per heavy atom. The first-order valence-electron chi connectivity index (χ1n) is 9.86. The molecule has 9 heteroatoms. The summed E-state index contributed by atoms with van der Waals surface area (Å²) in [6.45, 7) is 5.71. The van der Waals surface area contributed by atoms with E-state index in [2.05, 4.69) is 43.3 Å². The molecule has 0 aliphatic carbocycles. The molecule has 2 aromatic heterocycles. The molecule has 0 bridgehead atoms. The summed E-state index contributed by atoms with van der Waals surface area (Å²) < 4.78 is 19.2. The molecular formula is C21H27N5O3S. The van der Waals surface area contributed by atoms with Gasteiger partial charge in [0.1, 0.15) is 17.8 Å². The average Bonchev–Trinajstić information content (AvgIpc) is 2.81. The van der Waals surface area contributed by atoms with E-state index in [1.165, 1.54) is 11.9 Å². The van der Waals surface area contributed by atoms with Crippen molar-refractivity contribution in [1.29, 1.82) is 0 Å². The Hall–Kier alpha value is -2.54. The lowest BCUT2D eigenvalue weighted by molar-refractivity contribution is 0.122. The van der Waals surface area contributed by atoms with Gasteiger partial charge < -0.3 is 23.8 Å². The van der Waals surface area contributed by atoms with Crippen molar-refractivity contribution in [2.75, 3.05) is 62.5 Å². The second kappa shape index (κ2) is 11.6. The Morgan fingerprint density at radius 2 is 2.03 bits per heavy atom. The zero-order valence-corrected chi connectivity index (χ0v) is 18.4. The molecule has 0 radical (unpaired) electrons. The van der Waals surface area contributed by atoms with E-state index in [0.717, 1.165) is 53.6 Å². The van der Waals surface area contributed by atoms with Gasteiger partial charge >= 0.3 is 0 Å². The first-order chi connectivity index (χ1) is 14.8. The highest BCUT2D eigenvalue weighted by Gasteiger charge is 2.18. The Morgan fingerprint density at radius 1 is 1.20 bits per heavy atom. The summed E-state index contributed by atoms with van der Waals surface area (Å²) in [5.74, 6) is 8.72. The van der Waals surface area contributed by atoms with Gasteiger partial charge in [-0.05, 0) is 12.5 Å². The lowest BCUT2D eigenvalue weighted by Gasteiger charge is -2.28. The third-order valence-electron chi connectivity index (χ3n) is 4.50. The molecule has 3 heterocycles. The van der Waals surface area contributed by atoms with Gasteiger partial charge in [-0.15, -0.1) is 0 Å². The van der Waals surface area contributed by atoms with Crippen LogP contribution in [0.3, 0.4) is 0 Å². The van der Waals surface area contributed by atoms with Crippen molar-refractivity contribution in [2.24, 2.45) is 0 Å². The van der Waals surface area contributed by atoms with Crippen LogP contribution in [0.25, 0.3) is 0 Å². The summed E-state index contributed by atoms with van der Waals surface area (Å²) in [5.41, 5.74) is 3.36. The number of nitrogens with one attached hydrogen (secondary N) is 1. The fraction of sp³-hybridized carbons (Fsp3) is 0.476. The van der Waals surface area contributed by atoms with Crippen molar-refractivity contribution in [1.82, 2.24) is 15.0 Å². The molecule has 0 unspecified atom stereocenters. The van der Waals surface area contributed by atoms with Gasteiger partial charge in [-0.2, -0.15) is 0 Å². The minimum Gasteiger partial charge on any atom is -0.480 e. The van der Waals surface area contributed by atoms with Gasteiger partial charge in [0, 0.05) is 37.7 Å². The van der Waals surface area contributed by atoms with Crippen LogP contribution in [0.15, 0.2) is 18.6 Å². The summed E-state index contributed by atoms with van der Waals surface area (Å²) in [5, 5.41) is 0. The summed E-state index contributed by atoms with van der Waals surface area (Å²) >= 11 is 1.53. The highest BCUT2D eigenvalue weighted by Crippen LogP contribution is 2.25. The molecule has 1 fully saturated rings. The number of hydrogen-bond donors (Lipinski definition) is 1. The molecule has 0 amide bonds. The van der Waals surface area contributed by atoms with Crippen LogP contribution < -0.4 is 14.4 Å². The number of morpholine rings is 1. The van der Waals surface area contributed by atoms with Crippen LogP contribution in [-0.2, 0) is 15.9 Å². The van der Waals surface area contributed by atoms with E-state index < -0.39 is 0 Å². The minimum atomic E-state index is 0.525. The molecule has 1 aliphatic heterocycles. The molecule has 1 N–H and O–H groups in total. The van der Waals surface area contributed by atoms with Crippen molar-refractivity contribution in [3.63, 3.8) is 0 Å². The van der Waals surface area contributed by atoms with E-state index in [1.807, 2.05) is 6.07 Å². The molecule has 0 spiro atoms. The standard InChI is InChI=1S/C21H27N5O3S/c1-4-18-17(20(24-15-23-18)26-7-9-29-10-8-26)6-5-16-13-19(21(28-3)22-14-16)25-30-12-11-27-2/h13-15,25H,4,7-12H2,1-3H3. The highest BCUT2D eigenvalue weighted by atomic mass is 32.2. The molecule has 3 rings (SSSR count). The second-order valence-electron chi connectivity index (χ2n) is 6.45. The van der Waals surface area contributed by atoms with Gasteiger partial charge in [0.2, 0.25) is 5.88 Å². The normalized spacial score (nSPS) is 13.5. The topological polar surface area (TPSA) is 81.6 Å². The van der Waals surface area contributed by atoms with Crippen LogP contribution in [0.2, 0.25) is 0 Å². The molecule has 160 valence electrons. The first kappa shape index (κ1) is 22.2. The van der Waals surface area contributed by atoms with Crippen molar-refractivity contribution < 1.29 is 14.2 Å². The second-order valence-corrected chi connectivity index (χ2v) is 7.35. The zero-order valence-electron chi connectivity index (χ0n) is 17.6. The minimum absolute atomic E-state index is 0.525. The molecule has 1 saturated heterocycles. The summed E-state index contributed by atoms with van der Waals surface area (Å²) in [6, 6.07) is 1.93. The van der Waals surface area contributed by atoms with Gasteiger partial charge in [-0.3, -0.25) is 0 Å². The largest absolute Gasteiger partial charge is 0.480 e. The molecule has 1 aliphatic rings. The monoisotopic (exact) mass is 429 g/mol. The highest BCUT2D eigenvalue weighted by molar-refractivity contribution is 8.00. The van der Waals surface area contributed by atoms with Crippen LogP contribution in [-0.4, -0.2) is 67.8 Å². The molecule has 8 nitrogen and oxygen atoms in total. The van der Waals surface area contributed by atoms with Gasteiger partial charge in [0.25, 0.3) is 0 Å². The number of pyridine rings is 1. The van der Waals surface area contributed by atoms with E-state index in [-0.39, 0.29) is 0 Å². The SMILES string of the molecule is CCc1ncnc(N2CCOCC2)c1C#Cc1cnc(OC)c(NSCCOC)c1. The fourth-order valence-electron chi connectivity index (χ4n) is 2.97. The number of ether oxygens (including phenoxy) is 3. The van der Waals surface area contributed by atoms with Crippen LogP contribution >= 0.6 is 11.9 Å². The van der Waals surface area contributed by atoms with Crippen LogP contribution in [0.1, 0.15) is 23.7 Å². The van der Waals surface area contributed by atoms with Crippen molar-refractivity contribution in [3.8, 4) is 17.7 Å². The Bertz CT molecular complexity index is 894. The number of hydrogen-bond acceptors (Lipinski definition) is 9. The van der Waals surface area contributed by atoms with Crippen molar-refractivity contribution in [2.45, 2.75) is 13.3 Å². The lowest BCUT2D eigenvalue weighted by Crippen LogP contribution is -2.37. The Kier molecular flexibility index (Phi) is 8.56. The van der Waals surface area contributed by atoms with Crippen molar-refractivity contribution in [3.05, 3.63) is 35.4 Å². The number of aryl methyl sites for hydroxylation is 1. The van der Waals surface area contributed by atoms with Gasteiger partial charge in [-0.1, -0.05) is 30.7 Å². The average molecular weight is 430 g/mol. The summed E-state index contributed by atoms with van der Waals surface area (Å²) in [4.78, 5) is 15.5. The van der Waals surface area contributed by atoms with E-state index in [9.17, 15) is 0 Å². The number of nitrogens with zero attached hydrogens (tertiary/aromatic N) is 4.